The minimum absolute atomic E-state index is 0.777. The van der Waals surface area contributed by atoms with Crippen molar-refractivity contribution in [1.82, 2.24) is 0 Å². The van der Waals surface area contributed by atoms with E-state index in [-0.39, 0.29) is 0 Å². The molecule has 3 nitrogen and oxygen atoms in total. The summed E-state index contributed by atoms with van der Waals surface area (Å²) in [6.45, 7) is 0. The first kappa shape index (κ1) is 12.0. The molecule has 0 bridgehead atoms. The quantitative estimate of drug-likeness (QED) is 0.774. The second kappa shape index (κ2) is 5.70. The minimum atomic E-state index is -3.22. The van der Waals surface area contributed by atoms with Crippen LogP contribution in [-0.4, -0.2) is 40.9 Å². The molecule has 1 aromatic carbocycles. The third-order valence-electron chi connectivity index (χ3n) is 2.20. The van der Waals surface area contributed by atoms with Gasteiger partial charge >= 0.3 is 90.5 Å². The Morgan fingerprint density at radius 2 is 1.43 bits per heavy atom. The van der Waals surface area contributed by atoms with Crippen molar-refractivity contribution in [3.63, 3.8) is 0 Å². The number of hydrogen-bond acceptors (Lipinski definition) is 3. The molecule has 0 atom stereocenters. The van der Waals surface area contributed by atoms with E-state index in [2.05, 4.69) is 12.1 Å². The molecule has 1 rings (SSSR count). The topological polar surface area (TPSA) is 27.7 Å². The van der Waals surface area contributed by atoms with Crippen LogP contribution in [-0.2, 0) is 13.7 Å². The van der Waals surface area contributed by atoms with Crippen molar-refractivity contribution in [2.24, 2.45) is 0 Å². The van der Waals surface area contributed by atoms with Crippen molar-refractivity contribution >= 4 is 19.6 Å². The summed E-state index contributed by atoms with van der Waals surface area (Å²) in [5.74, 6) is 0. The Kier molecular flexibility index (Phi) is 4.87. The van der Waals surface area contributed by atoms with E-state index in [4.69, 9.17) is 9.22 Å². The molecule has 0 amide bonds. The molecule has 4 heteroatoms. The fourth-order valence-electron chi connectivity index (χ4n) is 1.31. The van der Waals surface area contributed by atoms with Crippen molar-refractivity contribution in [2.45, 2.75) is 4.44 Å². The normalized spacial score (nSPS) is 11.6. The van der Waals surface area contributed by atoms with Crippen LogP contribution in [0.1, 0.15) is 5.56 Å². The maximum absolute atomic E-state index is 5.41. The van der Waals surface area contributed by atoms with Crippen LogP contribution in [0.4, 0.5) is 0 Å². The van der Waals surface area contributed by atoms with Crippen molar-refractivity contribution < 1.29 is 9.22 Å². The fraction of sp³-hybridized carbons (Fsp3) is 0.400. The molecule has 0 heterocycles. The molecule has 0 aliphatic carbocycles. The Labute approximate surface area is 90.5 Å². The van der Waals surface area contributed by atoms with Crippen LogP contribution in [0.25, 0.3) is 0 Å². The number of hydrogen-bond donors (Lipinski definition) is 0. The first-order valence-electron chi connectivity index (χ1n) is 4.45. The maximum atomic E-state index is 5.41. The van der Waals surface area contributed by atoms with E-state index < -0.39 is 19.6 Å². The summed E-state index contributed by atoms with van der Waals surface area (Å²) in [7, 11) is 4.98. The van der Waals surface area contributed by atoms with Gasteiger partial charge in [-0.05, 0) is 0 Å². The van der Waals surface area contributed by atoms with Gasteiger partial charge < -0.3 is 0 Å². The second-order valence-electron chi connectivity index (χ2n) is 2.96. The third kappa shape index (κ3) is 2.95. The monoisotopic (exact) mass is 304 g/mol. The Morgan fingerprint density at radius 3 is 1.86 bits per heavy atom. The average molecular weight is 303 g/mol. The molecule has 78 valence electrons. The molecular weight excluding hydrogens is 287 g/mol. The summed E-state index contributed by atoms with van der Waals surface area (Å²) in [6, 6.07) is 10.1. The van der Waals surface area contributed by atoms with Crippen LogP contribution in [0.5, 0.6) is 0 Å². The van der Waals surface area contributed by atoms with E-state index in [0.29, 0.717) is 0 Å². The van der Waals surface area contributed by atoms with Gasteiger partial charge in [-0.1, -0.05) is 0 Å². The molecule has 0 fully saturated rings. The van der Waals surface area contributed by atoms with Crippen LogP contribution in [0, 0.1) is 0 Å². The summed E-state index contributed by atoms with van der Waals surface area (Å²) < 4.78 is 17.0. The summed E-state index contributed by atoms with van der Waals surface area (Å²) in [5.41, 5.74) is 1.20. The summed E-state index contributed by atoms with van der Waals surface area (Å²) in [5, 5.41) is 0. The van der Waals surface area contributed by atoms with E-state index in [0.717, 1.165) is 4.44 Å². The second-order valence-corrected chi connectivity index (χ2v) is 11.4. The first-order chi connectivity index (χ1) is 6.76. The summed E-state index contributed by atoms with van der Waals surface area (Å²) in [4.78, 5) is 0. The zero-order chi connectivity index (χ0) is 10.4. The van der Waals surface area contributed by atoms with Gasteiger partial charge in [0.15, 0.2) is 0 Å². The molecule has 0 saturated heterocycles. The Hall–Kier alpha value is -0.101. The van der Waals surface area contributed by atoms with Gasteiger partial charge in [-0.15, -0.1) is 0 Å². The van der Waals surface area contributed by atoms with Crippen LogP contribution in [0.15, 0.2) is 30.3 Å². The number of rotatable bonds is 5. The van der Waals surface area contributed by atoms with Crippen LogP contribution in [0.2, 0.25) is 0 Å². The van der Waals surface area contributed by atoms with Crippen LogP contribution in [0.3, 0.4) is 0 Å². The predicted octanol–water partition coefficient (Wildman–Crippen LogP) is 1.65. The zero-order valence-corrected chi connectivity index (χ0v) is 11.7. The van der Waals surface area contributed by atoms with E-state index in [1.165, 1.54) is 5.56 Å². The summed E-state index contributed by atoms with van der Waals surface area (Å²) in [6.07, 6.45) is 0. The van der Waals surface area contributed by atoms with Gasteiger partial charge in [0.05, 0.1) is 0 Å². The molecule has 0 aliphatic rings. The van der Waals surface area contributed by atoms with E-state index >= 15 is 0 Å². The molecule has 0 unspecified atom stereocenters. The van der Waals surface area contributed by atoms with Crippen molar-refractivity contribution in [3.05, 3.63) is 35.9 Å². The molecule has 0 aromatic heterocycles. The van der Waals surface area contributed by atoms with Gasteiger partial charge in [-0.25, -0.2) is 0 Å². The van der Waals surface area contributed by atoms with Gasteiger partial charge in [0.25, 0.3) is 0 Å². The Balaban J connectivity index is 2.74. The van der Waals surface area contributed by atoms with Crippen LogP contribution < -0.4 is 0 Å². The Bertz CT molecular complexity index is 251. The predicted molar refractivity (Wildman–Crippen MR) is 56.9 cm³/mol. The number of benzene rings is 1. The van der Waals surface area contributed by atoms with E-state index in [9.17, 15) is 0 Å². The molecule has 0 saturated carbocycles. The average Bonchev–Trinajstić information content (AvgIpc) is 2.28. The van der Waals surface area contributed by atoms with Crippen LogP contribution >= 0.6 is 0 Å². The molecule has 1 aromatic rings. The van der Waals surface area contributed by atoms with Gasteiger partial charge in [-0.3, -0.25) is 0 Å². The van der Waals surface area contributed by atoms with E-state index in [1.54, 1.807) is 21.3 Å². The third-order valence-corrected chi connectivity index (χ3v) is 9.92. The van der Waals surface area contributed by atoms with Gasteiger partial charge in [0.1, 0.15) is 0 Å². The van der Waals surface area contributed by atoms with Gasteiger partial charge in [-0.2, -0.15) is 0 Å². The molecular formula is C10H16O3Sn. The van der Waals surface area contributed by atoms with Crippen molar-refractivity contribution in [2.75, 3.05) is 21.3 Å². The molecule has 14 heavy (non-hydrogen) atoms. The molecule has 0 spiro atoms. The molecule has 0 N–H and O–H groups in total. The van der Waals surface area contributed by atoms with Gasteiger partial charge in [0.2, 0.25) is 0 Å². The summed E-state index contributed by atoms with van der Waals surface area (Å²) >= 11 is -3.22. The van der Waals surface area contributed by atoms with Crippen molar-refractivity contribution in [1.29, 1.82) is 0 Å². The zero-order valence-electron chi connectivity index (χ0n) is 8.82. The van der Waals surface area contributed by atoms with E-state index in [1.807, 2.05) is 18.2 Å². The Morgan fingerprint density at radius 1 is 0.929 bits per heavy atom. The fourth-order valence-corrected chi connectivity index (χ4v) is 6.08. The van der Waals surface area contributed by atoms with Crippen molar-refractivity contribution in [3.8, 4) is 0 Å². The first-order valence-corrected chi connectivity index (χ1v) is 9.97. The standard InChI is InChI=1S/C7H7.3CH3O.Sn/c1-7-5-3-2-4-6-7;3*1-2;/h2-6H,1H2;3*1H3;/q;3*-1;+3. The van der Waals surface area contributed by atoms with Gasteiger partial charge in [0, 0.05) is 0 Å². The SMILES string of the molecule is C[O][Sn]([CH2]c1ccccc1)([O]C)[O]C. The molecule has 0 radical (unpaired) electrons. The molecule has 0 aliphatic heterocycles.